The second-order valence-corrected chi connectivity index (χ2v) is 5.04. The first-order valence-electron chi connectivity index (χ1n) is 7.31. The lowest BCUT2D eigenvalue weighted by atomic mass is 10.0. The van der Waals surface area contributed by atoms with E-state index in [0.717, 1.165) is 0 Å². The number of anilines is 1. The number of rotatable bonds is 6. The third-order valence-electron chi connectivity index (χ3n) is 3.32. The molecule has 0 aliphatic carbocycles. The minimum absolute atomic E-state index is 0.0834. The predicted octanol–water partition coefficient (Wildman–Crippen LogP) is 2.32. The number of fused-ring (bicyclic) bond motifs is 1. The van der Waals surface area contributed by atoms with Crippen LogP contribution in [0.15, 0.2) is 18.2 Å². The van der Waals surface area contributed by atoms with Crippen molar-refractivity contribution in [3.8, 4) is 5.75 Å². The molecular weight excluding hydrogens is 286 g/mol. The molecule has 6 nitrogen and oxygen atoms in total. The van der Waals surface area contributed by atoms with Gasteiger partial charge in [0.15, 0.2) is 11.9 Å². The quantitative estimate of drug-likeness (QED) is 0.644. The number of hydrogen-bond acceptors (Lipinski definition) is 5. The van der Waals surface area contributed by atoms with Crippen LogP contribution in [0.5, 0.6) is 5.75 Å². The van der Waals surface area contributed by atoms with Crippen LogP contribution < -0.4 is 10.1 Å². The largest absolute Gasteiger partial charge is 0.479 e. The molecule has 1 aromatic rings. The van der Waals surface area contributed by atoms with Crippen LogP contribution in [0.4, 0.5) is 5.69 Å². The van der Waals surface area contributed by atoms with Gasteiger partial charge in [-0.1, -0.05) is 0 Å². The van der Waals surface area contributed by atoms with Gasteiger partial charge in [0, 0.05) is 18.4 Å². The van der Waals surface area contributed by atoms with Gasteiger partial charge in [0.1, 0.15) is 5.75 Å². The average Bonchev–Trinajstić information content (AvgIpc) is 2.48. The zero-order valence-electron chi connectivity index (χ0n) is 12.7. The molecule has 1 amide bonds. The molecule has 1 heterocycles. The van der Waals surface area contributed by atoms with Gasteiger partial charge < -0.3 is 14.8 Å². The molecule has 1 aliphatic heterocycles. The Morgan fingerprint density at radius 1 is 1.32 bits per heavy atom. The van der Waals surface area contributed by atoms with Crippen LogP contribution in [0, 0.1) is 0 Å². The standard InChI is InChI=1S/C16H19NO5/c1-3-21-15(19)6-4-5-13(18)11-7-8-14-12(9-11)17-16(20)10(2)22-14/h7-10H,3-6H2,1-2H3,(H,17,20). The third kappa shape index (κ3) is 3.84. The smallest absolute Gasteiger partial charge is 0.305 e. The fraction of sp³-hybridized carbons (Fsp3) is 0.438. The second kappa shape index (κ2) is 7.06. The third-order valence-corrected chi connectivity index (χ3v) is 3.32. The van der Waals surface area contributed by atoms with Gasteiger partial charge in [-0.25, -0.2) is 0 Å². The molecule has 0 fully saturated rings. The Morgan fingerprint density at radius 3 is 2.82 bits per heavy atom. The van der Waals surface area contributed by atoms with Crippen molar-refractivity contribution in [2.45, 2.75) is 39.2 Å². The zero-order valence-corrected chi connectivity index (χ0v) is 12.7. The monoisotopic (exact) mass is 305 g/mol. The molecule has 0 saturated heterocycles. The summed E-state index contributed by atoms with van der Waals surface area (Å²) in [4.78, 5) is 34.9. The minimum Gasteiger partial charge on any atom is -0.479 e. The van der Waals surface area contributed by atoms with Gasteiger partial charge in [0.2, 0.25) is 0 Å². The molecule has 1 aromatic carbocycles. The van der Waals surface area contributed by atoms with Crippen LogP contribution in [0.25, 0.3) is 0 Å². The Bertz CT molecular complexity index is 596. The van der Waals surface area contributed by atoms with E-state index in [1.54, 1.807) is 32.0 Å². The van der Waals surface area contributed by atoms with E-state index in [9.17, 15) is 14.4 Å². The number of carbonyl (C=O) groups is 3. The van der Waals surface area contributed by atoms with E-state index < -0.39 is 6.10 Å². The fourth-order valence-corrected chi connectivity index (χ4v) is 2.15. The van der Waals surface area contributed by atoms with Crippen LogP contribution in [0.1, 0.15) is 43.5 Å². The molecular formula is C16H19NO5. The van der Waals surface area contributed by atoms with Gasteiger partial charge in [-0.3, -0.25) is 14.4 Å². The van der Waals surface area contributed by atoms with E-state index in [1.807, 2.05) is 0 Å². The molecule has 118 valence electrons. The van der Waals surface area contributed by atoms with Crippen LogP contribution in [-0.4, -0.2) is 30.4 Å². The predicted molar refractivity (Wildman–Crippen MR) is 80.0 cm³/mol. The SMILES string of the molecule is CCOC(=O)CCCC(=O)c1ccc2c(c1)NC(=O)C(C)O2. The molecule has 0 bridgehead atoms. The lowest BCUT2D eigenvalue weighted by Gasteiger charge is -2.23. The number of carbonyl (C=O) groups excluding carboxylic acids is 3. The Hall–Kier alpha value is -2.37. The number of esters is 1. The lowest BCUT2D eigenvalue weighted by Crippen LogP contribution is -2.34. The molecule has 1 N–H and O–H groups in total. The van der Waals surface area contributed by atoms with Crippen molar-refractivity contribution in [1.29, 1.82) is 0 Å². The Balaban J connectivity index is 1.95. The molecule has 0 spiro atoms. The normalized spacial score (nSPS) is 16.3. The highest BCUT2D eigenvalue weighted by molar-refractivity contribution is 6.01. The molecule has 6 heteroatoms. The topological polar surface area (TPSA) is 81.7 Å². The molecule has 0 radical (unpaired) electrons. The van der Waals surface area contributed by atoms with E-state index >= 15 is 0 Å². The Morgan fingerprint density at radius 2 is 2.09 bits per heavy atom. The number of hydrogen-bond donors (Lipinski definition) is 1. The summed E-state index contributed by atoms with van der Waals surface area (Å²) in [5, 5.41) is 2.71. The first-order valence-corrected chi connectivity index (χ1v) is 7.31. The highest BCUT2D eigenvalue weighted by Crippen LogP contribution is 2.30. The lowest BCUT2D eigenvalue weighted by molar-refractivity contribution is -0.143. The van der Waals surface area contributed by atoms with Crippen molar-refractivity contribution in [3.63, 3.8) is 0 Å². The van der Waals surface area contributed by atoms with Crippen LogP contribution in [0.2, 0.25) is 0 Å². The molecule has 0 saturated carbocycles. The summed E-state index contributed by atoms with van der Waals surface area (Å²) in [5.74, 6) is -0.0649. The van der Waals surface area contributed by atoms with E-state index in [1.165, 1.54) is 0 Å². The van der Waals surface area contributed by atoms with Crippen molar-refractivity contribution < 1.29 is 23.9 Å². The highest BCUT2D eigenvalue weighted by Gasteiger charge is 2.24. The van der Waals surface area contributed by atoms with Crippen LogP contribution in [0.3, 0.4) is 0 Å². The van der Waals surface area contributed by atoms with E-state index in [2.05, 4.69) is 5.32 Å². The van der Waals surface area contributed by atoms with Gasteiger partial charge >= 0.3 is 5.97 Å². The average molecular weight is 305 g/mol. The molecule has 1 aliphatic rings. The molecule has 22 heavy (non-hydrogen) atoms. The molecule has 2 rings (SSSR count). The first-order chi connectivity index (χ1) is 10.5. The van der Waals surface area contributed by atoms with Crippen molar-refractivity contribution in [3.05, 3.63) is 23.8 Å². The fourth-order valence-electron chi connectivity index (χ4n) is 2.15. The summed E-state index contributed by atoms with van der Waals surface area (Å²) in [7, 11) is 0. The van der Waals surface area contributed by atoms with Gasteiger partial charge in [-0.15, -0.1) is 0 Å². The molecule has 0 aromatic heterocycles. The maximum absolute atomic E-state index is 12.1. The number of amides is 1. The number of ether oxygens (including phenoxy) is 2. The maximum atomic E-state index is 12.1. The van der Waals surface area contributed by atoms with Gasteiger partial charge in [0.05, 0.1) is 12.3 Å². The summed E-state index contributed by atoms with van der Waals surface area (Å²) < 4.78 is 10.2. The van der Waals surface area contributed by atoms with Gasteiger partial charge in [-0.05, 0) is 38.5 Å². The van der Waals surface area contributed by atoms with Crippen molar-refractivity contribution in [2.24, 2.45) is 0 Å². The van der Waals surface area contributed by atoms with Crippen LogP contribution >= 0.6 is 0 Å². The molecule has 1 unspecified atom stereocenters. The molecule has 1 atom stereocenters. The van der Waals surface area contributed by atoms with Gasteiger partial charge in [0.25, 0.3) is 5.91 Å². The van der Waals surface area contributed by atoms with E-state index in [-0.39, 0.29) is 30.5 Å². The van der Waals surface area contributed by atoms with Gasteiger partial charge in [-0.2, -0.15) is 0 Å². The summed E-state index contributed by atoms with van der Waals surface area (Å²) in [6, 6.07) is 4.94. The summed E-state index contributed by atoms with van der Waals surface area (Å²) in [6.07, 6.45) is 0.373. The number of nitrogens with one attached hydrogen (secondary N) is 1. The maximum Gasteiger partial charge on any atom is 0.305 e. The number of ketones is 1. The minimum atomic E-state index is -0.543. The first kappa shape index (κ1) is 16.0. The van der Waals surface area contributed by atoms with Crippen molar-refractivity contribution in [1.82, 2.24) is 0 Å². The van der Waals surface area contributed by atoms with Crippen molar-refractivity contribution >= 4 is 23.3 Å². The Kier molecular flexibility index (Phi) is 5.14. The highest BCUT2D eigenvalue weighted by atomic mass is 16.5. The van der Waals surface area contributed by atoms with Crippen LogP contribution in [-0.2, 0) is 14.3 Å². The Labute approximate surface area is 128 Å². The summed E-state index contributed by atoms with van der Waals surface area (Å²) in [5.41, 5.74) is 0.986. The zero-order chi connectivity index (χ0) is 16.1. The summed E-state index contributed by atoms with van der Waals surface area (Å²) in [6.45, 7) is 3.75. The van der Waals surface area contributed by atoms with Crippen molar-refractivity contribution in [2.75, 3.05) is 11.9 Å². The number of benzene rings is 1. The number of Topliss-reactive ketones (excluding diaryl/α,β-unsaturated/α-hetero) is 1. The second-order valence-electron chi connectivity index (χ2n) is 5.04. The van der Waals surface area contributed by atoms with E-state index in [0.29, 0.717) is 30.0 Å². The van der Waals surface area contributed by atoms with E-state index in [4.69, 9.17) is 9.47 Å². The summed E-state index contributed by atoms with van der Waals surface area (Å²) >= 11 is 0.